The Kier molecular flexibility index (Phi) is 5.47. The summed E-state index contributed by atoms with van der Waals surface area (Å²) < 4.78 is 40.4. The van der Waals surface area contributed by atoms with Crippen LogP contribution in [-0.2, 0) is 19.3 Å². The predicted octanol–water partition coefficient (Wildman–Crippen LogP) is 3.17. The maximum absolute atomic E-state index is 12.9. The van der Waals surface area contributed by atoms with Crippen molar-refractivity contribution >= 4 is 11.0 Å². The van der Waals surface area contributed by atoms with E-state index in [4.69, 9.17) is 0 Å². The minimum Gasteiger partial charge on any atom is -0.306 e. The minimum absolute atomic E-state index is 0.102. The summed E-state index contributed by atoms with van der Waals surface area (Å²) in [5, 5.41) is 0. The zero-order valence-corrected chi connectivity index (χ0v) is 16.0. The average molecular weight is 404 g/mol. The highest BCUT2D eigenvalue weighted by Crippen LogP contribution is 2.29. The smallest absolute Gasteiger partial charge is 0.306 e. The Hall–Kier alpha value is -2.58. The molecule has 0 amide bonds. The SMILES string of the molecule is O=c1[nH]c2ccccc2n1CCN1CCN(Cc2cccc(C(F)(F)F)c2)CC1. The molecule has 5 nitrogen and oxygen atoms in total. The number of alkyl halides is 3. The monoisotopic (exact) mass is 404 g/mol. The first-order valence-electron chi connectivity index (χ1n) is 9.68. The Morgan fingerprint density at radius 2 is 1.62 bits per heavy atom. The fourth-order valence-electron chi connectivity index (χ4n) is 3.85. The molecule has 0 saturated carbocycles. The zero-order valence-electron chi connectivity index (χ0n) is 16.0. The lowest BCUT2D eigenvalue weighted by atomic mass is 10.1. The molecule has 2 heterocycles. The summed E-state index contributed by atoms with van der Waals surface area (Å²) in [4.78, 5) is 19.5. The molecule has 2 aromatic carbocycles. The van der Waals surface area contributed by atoms with E-state index in [0.717, 1.165) is 49.8 Å². The molecule has 1 aliphatic heterocycles. The molecule has 1 aliphatic rings. The lowest BCUT2D eigenvalue weighted by Gasteiger charge is -2.34. The van der Waals surface area contributed by atoms with Gasteiger partial charge in [-0.1, -0.05) is 30.3 Å². The number of halogens is 3. The van der Waals surface area contributed by atoms with E-state index >= 15 is 0 Å². The van der Waals surface area contributed by atoms with Gasteiger partial charge in [-0.25, -0.2) is 4.79 Å². The second-order valence-corrected chi connectivity index (χ2v) is 7.41. The van der Waals surface area contributed by atoms with Crippen molar-refractivity contribution in [2.24, 2.45) is 0 Å². The van der Waals surface area contributed by atoms with Gasteiger partial charge in [0.05, 0.1) is 16.6 Å². The molecule has 29 heavy (non-hydrogen) atoms. The fourth-order valence-corrected chi connectivity index (χ4v) is 3.85. The number of aromatic amines is 1. The normalized spacial score (nSPS) is 16.5. The molecule has 0 radical (unpaired) electrons. The predicted molar refractivity (Wildman–Crippen MR) is 106 cm³/mol. The topological polar surface area (TPSA) is 44.3 Å². The standard InChI is InChI=1S/C21H23F3N4O/c22-21(23,24)17-5-3-4-16(14-17)15-27-10-8-26(9-11-27)12-13-28-19-7-2-1-6-18(19)25-20(28)29/h1-7,14H,8-13,15H2,(H,25,29). The van der Waals surface area contributed by atoms with E-state index in [9.17, 15) is 18.0 Å². The highest BCUT2D eigenvalue weighted by molar-refractivity contribution is 5.74. The summed E-state index contributed by atoms with van der Waals surface area (Å²) in [6.45, 7) is 5.12. The molecule has 0 bridgehead atoms. The van der Waals surface area contributed by atoms with Crippen LogP contribution in [0.4, 0.5) is 13.2 Å². The minimum atomic E-state index is -4.31. The number of H-pyrrole nitrogens is 1. The summed E-state index contributed by atoms with van der Waals surface area (Å²) in [5.74, 6) is 0. The third-order valence-corrected chi connectivity index (χ3v) is 5.45. The molecule has 0 aliphatic carbocycles. The third-order valence-electron chi connectivity index (χ3n) is 5.45. The number of hydrogen-bond acceptors (Lipinski definition) is 3. The largest absolute Gasteiger partial charge is 0.416 e. The van der Waals surface area contributed by atoms with Gasteiger partial charge in [0.15, 0.2) is 0 Å². The van der Waals surface area contributed by atoms with Crippen molar-refractivity contribution in [2.45, 2.75) is 19.3 Å². The Morgan fingerprint density at radius 3 is 2.38 bits per heavy atom. The second kappa shape index (κ2) is 8.04. The van der Waals surface area contributed by atoms with E-state index in [1.165, 1.54) is 12.1 Å². The van der Waals surface area contributed by atoms with Crippen LogP contribution in [0, 0.1) is 0 Å². The lowest BCUT2D eigenvalue weighted by Crippen LogP contribution is -2.47. The summed E-state index contributed by atoms with van der Waals surface area (Å²) in [5.41, 5.74) is 1.72. The summed E-state index contributed by atoms with van der Waals surface area (Å²) in [6, 6.07) is 13.2. The summed E-state index contributed by atoms with van der Waals surface area (Å²) in [6.07, 6.45) is -4.31. The van der Waals surface area contributed by atoms with Gasteiger partial charge in [0.1, 0.15) is 0 Å². The first kappa shape index (κ1) is 19.7. The first-order chi connectivity index (χ1) is 13.9. The lowest BCUT2D eigenvalue weighted by molar-refractivity contribution is -0.137. The quantitative estimate of drug-likeness (QED) is 0.711. The summed E-state index contributed by atoms with van der Waals surface area (Å²) in [7, 11) is 0. The van der Waals surface area contributed by atoms with Crippen LogP contribution in [0.1, 0.15) is 11.1 Å². The van der Waals surface area contributed by atoms with Gasteiger partial charge in [0, 0.05) is 45.8 Å². The second-order valence-electron chi connectivity index (χ2n) is 7.41. The Bertz CT molecular complexity index is 1030. The van der Waals surface area contributed by atoms with Crippen molar-refractivity contribution in [2.75, 3.05) is 32.7 Å². The molecule has 1 saturated heterocycles. The molecule has 3 aromatic rings. The number of hydrogen-bond donors (Lipinski definition) is 1. The van der Waals surface area contributed by atoms with E-state index in [1.54, 1.807) is 10.6 Å². The zero-order chi connectivity index (χ0) is 20.4. The maximum Gasteiger partial charge on any atom is 0.416 e. The van der Waals surface area contributed by atoms with Crippen molar-refractivity contribution in [1.82, 2.24) is 19.4 Å². The van der Waals surface area contributed by atoms with Crippen LogP contribution in [0.25, 0.3) is 11.0 Å². The Labute approximate surface area is 166 Å². The van der Waals surface area contributed by atoms with E-state index in [0.29, 0.717) is 18.7 Å². The third kappa shape index (κ3) is 4.54. The van der Waals surface area contributed by atoms with Crippen molar-refractivity contribution in [3.8, 4) is 0 Å². The van der Waals surface area contributed by atoms with Crippen molar-refractivity contribution in [3.05, 3.63) is 70.1 Å². The molecule has 1 aromatic heterocycles. The number of nitrogens with one attached hydrogen (secondary N) is 1. The molecular weight excluding hydrogens is 381 g/mol. The van der Waals surface area contributed by atoms with E-state index in [1.807, 2.05) is 24.3 Å². The van der Waals surface area contributed by atoms with Crippen LogP contribution in [-0.4, -0.2) is 52.1 Å². The van der Waals surface area contributed by atoms with Crippen molar-refractivity contribution in [3.63, 3.8) is 0 Å². The highest BCUT2D eigenvalue weighted by Gasteiger charge is 2.30. The van der Waals surface area contributed by atoms with Gasteiger partial charge in [-0.15, -0.1) is 0 Å². The van der Waals surface area contributed by atoms with Crippen molar-refractivity contribution < 1.29 is 13.2 Å². The fraction of sp³-hybridized carbons (Fsp3) is 0.381. The van der Waals surface area contributed by atoms with Crippen LogP contribution in [0.15, 0.2) is 53.3 Å². The van der Waals surface area contributed by atoms with Gasteiger partial charge in [-0.2, -0.15) is 13.2 Å². The van der Waals surface area contributed by atoms with Gasteiger partial charge in [-0.3, -0.25) is 14.4 Å². The summed E-state index contributed by atoms with van der Waals surface area (Å²) >= 11 is 0. The molecular formula is C21H23F3N4O. The molecule has 1 N–H and O–H groups in total. The van der Waals surface area contributed by atoms with E-state index in [-0.39, 0.29) is 5.69 Å². The van der Waals surface area contributed by atoms with Gasteiger partial charge in [0.25, 0.3) is 0 Å². The molecule has 154 valence electrons. The molecule has 1 fully saturated rings. The maximum atomic E-state index is 12.9. The van der Waals surface area contributed by atoms with Crippen LogP contribution >= 0.6 is 0 Å². The molecule has 4 rings (SSSR count). The highest BCUT2D eigenvalue weighted by atomic mass is 19.4. The van der Waals surface area contributed by atoms with Crippen molar-refractivity contribution in [1.29, 1.82) is 0 Å². The van der Waals surface area contributed by atoms with Crippen LogP contribution in [0.2, 0.25) is 0 Å². The number of aromatic nitrogens is 2. The average Bonchev–Trinajstić information content (AvgIpc) is 3.02. The molecule has 0 spiro atoms. The van der Waals surface area contributed by atoms with Gasteiger partial charge in [-0.05, 0) is 23.8 Å². The van der Waals surface area contributed by atoms with E-state index < -0.39 is 11.7 Å². The Balaban J connectivity index is 1.31. The van der Waals surface area contributed by atoms with Gasteiger partial charge in [0.2, 0.25) is 0 Å². The van der Waals surface area contributed by atoms with E-state index in [2.05, 4.69) is 14.8 Å². The number of imidazole rings is 1. The van der Waals surface area contributed by atoms with Crippen LogP contribution in [0.5, 0.6) is 0 Å². The number of rotatable bonds is 5. The van der Waals surface area contributed by atoms with Gasteiger partial charge >= 0.3 is 11.9 Å². The molecule has 8 heteroatoms. The molecule has 0 unspecified atom stereocenters. The number of piperazine rings is 1. The number of para-hydroxylation sites is 2. The van der Waals surface area contributed by atoms with Crippen LogP contribution in [0.3, 0.4) is 0 Å². The number of nitrogens with zero attached hydrogens (tertiary/aromatic N) is 3. The van der Waals surface area contributed by atoms with Gasteiger partial charge < -0.3 is 4.98 Å². The Morgan fingerprint density at radius 1 is 0.897 bits per heavy atom. The number of benzene rings is 2. The number of fused-ring (bicyclic) bond motifs is 1. The first-order valence-corrected chi connectivity index (χ1v) is 9.68. The molecule has 0 atom stereocenters. The van der Waals surface area contributed by atoms with Crippen LogP contribution < -0.4 is 5.69 Å².